The average Bonchev–Trinajstić information content (AvgIpc) is 3.08. The molecule has 0 bridgehead atoms. The van der Waals surface area contributed by atoms with Gasteiger partial charge < -0.3 is 5.32 Å². The van der Waals surface area contributed by atoms with Crippen LogP contribution in [0.5, 0.6) is 0 Å². The maximum atomic E-state index is 12.4. The number of hydrogen-bond acceptors (Lipinski definition) is 6. The smallest absolute Gasteiger partial charge is 0.277 e. The topological polar surface area (TPSA) is 89.8 Å². The highest BCUT2D eigenvalue weighted by molar-refractivity contribution is 9.10. The Morgan fingerprint density at radius 2 is 1.93 bits per heavy atom. The van der Waals surface area contributed by atoms with Crippen LogP contribution in [0.4, 0.5) is 5.13 Å². The normalized spacial score (nSPS) is 11.0. The van der Waals surface area contributed by atoms with E-state index < -0.39 is 0 Å². The summed E-state index contributed by atoms with van der Waals surface area (Å²) in [4.78, 5) is 30.3. The molecule has 2 aromatic heterocycles. The fourth-order valence-electron chi connectivity index (χ4n) is 2.88. The van der Waals surface area contributed by atoms with Gasteiger partial charge in [-0.05, 0) is 31.2 Å². The van der Waals surface area contributed by atoms with Crippen molar-refractivity contribution in [3.05, 3.63) is 68.2 Å². The molecule has 1 amide bonds. The third-order valence-corrected chi connectivity index (χ3v) is 5.76. The molecule has 0 unspecified atom stereocenters. The van der Waals surface area contributed by atoms with E-state index in [1.165, 1.54) is 16.0 Å². The number of carbonyl (C=O) groups is 1. The molecule has 2 aromatic carbocycles. The monoisotopic (exact) mass is 469 g/mol. The molecule has 0 fully saturated rings. The summed E-state index contributed by atoms with van der Waals surface area (Å²) in [6.07, 6.45) is 0.0964. The van der Waals surface area contributed by atoms with Crippen LogP contribution in [0, 0.1) is 6.92 Å². The van der Waals surface area contributed by atoms with Crippen LogP contribution in [0.3, 0.4) is 0 Å². The number of nitrogens with one attached hydrogen (secondary N) is 1. The molecular formula is C20H16BrN5O2S. The van der Waals surface area contributed by atoms with Gasteiger partial charge in [-0.3, -0.25) is 9.59 Å². The molecule has 1 N–H and O–H groups in total. The lowest BCUT2D eigenvalue weighted by Crippen LogP contribution is -2.26. The van der Waals surface area contributed by atoms with Crippen LogP contribution < -0.4 is 10.9 Å². The number of aromatic nitrogens is 4. The van der Waals surface area contributed by atoms with Gasteiger partial charge in [0.2, 0.25) is 5.91 Å². The van der Waals surface area contributed by atoms with E-state index in [9.17, 15) is 9.59 Å². The maximum absolute atomic E-state index is 12.4. The molecule has 4 aromatic rings. The van der Waals surface area contributed by atoms with Crippen LogP contribution in [0.25, 0.3) is 22.2 Å². The number of nitrogens with zero attached hydrogens (tertiary/aromatic N) is 4. The summed E-state index contributed by atoms with van der Waals surface area (Å²) >= 11 is 4.84. The first-order valence-corrected chi connectivity index (χ1v) is 10.5. The van der Waals surface area contributed by atoms with Crippen LogP contribution in [-0.4, -0.2) is 25.9 Å². The Labute approximate surface area is 178 Å². The summed E-state index contributed by atoms with van der Waals surface area (Å²) in [6, 6.07) is 14.9. The van der Waals surface area contributed by atoms with Crippen molar-refractivity contribution in [2.24, 2.45) is 0 Å². The van der Waals surface area contributed by atoms with Gasteiger partial charge in [0.25, 0.3) is 5.56 Å². The molecule has 0 aliphatic carbocycles. The van der Waals surface area contributed by atoms with Gasteiger partial charge in [0, 0.05) is 21.3 Å². The summed E-state index contributed by atoms with van der Waals surface area (Å²) in [5.74, 6) is -0.233. The summed E-state index contributed by atoms with van der Waals surface area (Å²) in [5.41, 5.74) is 2.11. The number of anilines is 1. The minimum Gasteiger partial charge on any atom is -0.302 e. The number of carbonyl (C=O) groups excluding carboxylic acids is 1. The number of halogens is 1. The quantitative estimate of drug-likeness (QED) is 0.476. The highest BCUT2D eigenvalue weighted by Crippen LogP contribution is 2.31. The molecule has 0 aliphatic rings. The predicted molar refractivity (Wildman–Crippen MR) is 117 cm³/mol. The zero-order valence-corrected chi connectivity index (χ0v) is 17.8. The number of benzene rings is 2. The number of hydrogen-bond donors (Lipinski definition) is 1. The second-order valence-corrected chi connectivity index (χ2v) is 8.48. The standard InChI is InChI=1S/C20H16BrN5O2S/c1-12-18(13-6-8-14(21)9-7-13)23-20(29-12)22-17(27)10-11-26-19(28)15-4-2-3-5-16(15)24-25-26/h2-9H,10-11H2,1H3,(H,22,23,27). The van der Waals surface area contributed by atoms with Gasteiger partial charge in [0.05, 0.1) is 17.6 Å². The lowest BCUT2D eigenvalue weighted by Gasteiger charge is -2.05. The molecule has 146 valence electrons. The van der Waals surface area contributed by atoms with Crippen LogP contribution in [0.1, 0.15) is 11.3 Å². The van der Waals surface area contributed by atoms with Gasteiger partial charge in [0.15, 0.2) is 5.13 Å². The predicted octanol–water partition coefficient (Wildman–Crippen LogP) is 4.01. The molecule has 4 rings (SSSR count). The first-order valence-electron chi connectivity index (χ1n) is 8.87. The molecule has 9 heteroatoms. The van der Waals surface area contributed by atoms with Crippen LogP contribution in [0.15, 0.2) is 57.8 Å². The lowest BCUT2D eigenvalue weighted by molar-refractivity contribution is -0.116. The van der Waals surface area contributed by atoms with Crippen molar-refractivity contribution in [3.63, 3.8) is 0 Å². The highest BCUT2D eigenvalue weighted by Gasteiger charge is 2.13. The van der Waals surface area contributed by atoms with Gasteiger partial charge >= 0.3 is 0 Å². The molecule has 0 radical (unpaired) electrons. The van der Waals surface area contributed by atoms with Gasteiger partial charge in [0.1, 0.15) is 5.52 Å². The second-order valence-electron chi connectivity index (χ2n) is 6.36. The third-order valence-electron chi connectivity index (χ3n) is 4.34. The van der Waals surface area contributed by atoms with Crippen LogP contribution >= 0.6 is 27.3 Å². The maximum Gasteiger partial charge on any atom is 0.277 e. The number of thiazole rings is 1. The number of aryl methyl sites for hydroxylation is 2. The minimum absolute atomic E-state index is 0.0964. The Morgan fingerprint density at radius 3 is 2.72 bits per heavy atom. The van der Waals surface area contributed by atoms with Gasteiger partial charge in [-0.15, -0.1) is 16.4 Å². The number of fused-ring (bicyclic) bond motifs is 1. The summed E-state index contributed by atoms with van der Waals surface area (Å²) in [7, 11) is 0. The number of amides is 1. The molecular weight excluding hydrogens is 454 g/mol. The molecule has 2 heterocycles. The summed E-state index contributed by atoms with van der Waals surface area (Å²) < 4.78 is 2.21. The van der Waals surface area contributed by atoms with E-state index in [1.54, 1.807) is 24.3 Å². The number of rotatable bonds is 5. The minimum atomic E-state index is -0.258. The van der Waals surface area contributed by atoms with Gasteiger partial charge in [-0.2, -0.15) is 0 Å². The van der Waals surface area contributed by atoms with E-state index in [0.717, 1.165) is 20.6 Å². The highest BCUT2D eigenvalue weighted by atomic mass is 79.9. The molecule has 0 saturated heterocycles. The van der Waals surface area contributed by atoms with E-state index in [0.29, 0.717) is 16.0 Å². The van der Waals surface area contributed by atoms with Crippen molar-refractivity contribution in [2.75, 3.05) is 5.32 Å². The molecule has 0 saturated carbocycles. The zero-order chi connectivity index (χ0) is 20.4. The van der Waals surface area contributed by atoms with Crippen molar-refractivity contribution in [3.8, 4) is 11.3 Å². The first kappa shape index (κ1) is 19.4. The van der Waals surface area contributed by atoms with Crippen LogP contribution in [0.2, 0.25) is 0 Å². The fourth-order valence-corrected chi connectivity index (χ4v) is 4.00. The Bertz CT molecular complexity index is 1250. The molecule has 7 nitrogen and oxygen atoms in total. The Hall–Kier alpha value is -2.91. The Morgan fingerprint density at radius 1 is 1.17 bits per heavy atom. The summed E-state index contributed by atoms with van der Waals surface area (Å²) in [6.45, 7) is 2.11. The van der Waals surface area contributed by atoms with Crippen molar-refractivity contribution < 1.29 is 4.79 Å². The molecule has 29 heavy (non-hydrogen) atoms. The van der Waals surface area contributed by atoms with Crippen LogP contribution in [-0.2, 0) is 11.3 Å². The van der Waals surface area contributed by atoms with Gasteiger partial charge in [-0.1, -0.05) is 45.4 Å². The fraction of sp³-hybridized carbons (Fsp3) is 0.150. The molecule has 0 aliphatic heterocycles. The first-order chi connectivity index (χ1) is 14.0. The van der Waals surface area contributed by atoms with Gasteiger partial charge in [-0.25, -0.2) is 9.67 Å². The molecule has 0 spiro atoms. The van der Waals surface area contributed by atoms with Crippen molar-refractivity contribution in [1.82, 2.24) is 20.0 Å². The average molecular weight is 470 g/mol. The van der Waals surface area contributed by atoms with E-state index in [1.807, 2.05) is 31.2 Å². The second kappa shape index (κ2) is 8.22. The Kier molecular flexibility index (Phi) is 5.50. The largest absolute Gasteiger partial charge is 0.302 e. The summed E-state index contributed by atoms with van der Waals surface area (Å²) in [5, 5.41) is 11.8. The van der Waals surface area contributed by atoms with Crippen molar-refractivity contribution >= 4 is 49.2 Å². The van der Waals surface area contributed by atoms with E-state index in [-0.39, 0.29) is 24.4 Å². The zero-order valence-electron chi connectivity index (χ0n) is 15.4. The van der Waals surface area contributed by atoms with E-state index in [2.05, 4.69) is 36.5 Å². The van der Waals surface area contributed by atoms with E-state index in [4.69, 9.17) is 0 Å². The lowest BCUT2D eigenvalue weighted by atomic mass is 10.1. The van der Waals surface area contributed by atoms with Crippen molar-refractivity contribution in [1.29, 1.82) is 0 Å². The van der Waals surface area contributed by atoms with Crippen molar-refractivity contribution in [2.45, 2.75) is 19.9 Å². The third kappa shape index (κ3) is 4.25. The SMILES string of the molecule is Cc1sc(NC(=O)CCn2nnc3ccccc3c2=O)nc1-c1ccc(Br)cc1. The van der Waals surface area contributed by atoms with E-state index >= 15 is 0 Å². The Balaban J connectivity index is 1.44. The molecule has 0 atom stereocenters.